The molecule has 0 unspecified atom stereocenters. The zero-order chi connectivity index (χ0) is 17.9. The van der Waals surface area contributed by atoms with Crippen LogP contribution in [0.2, 0.25) is 0 Å². The zero-order valence-electron chi connectivity index (χ0n) is 13.4. The van der Waals surface area contributed by atoms with Gasteiger partial charge in [-0.2, -0.15) is 0 Å². The van der Waals surface area contributed by atoms with E-state index in [0.29, 0.717) is 5.69 Å². The van der Waals surface area contributed by atoms with E-state index in [0.717, 1.165) is 12.1 Å². The summed E-state index contributed by atoms with van der Waals surface area (Å²) < 4.78 is 45.8. The number of rotatable bonds is 5. The fourth-order valence-electron chi connectivity index (χ4n) is 2.18. The number of hydrogen-bond donors (Lipinski definition) is 2. The van der Waals surface area contributed by atoms with Gasteiger partial charge in [-0.15, -0.1) is 0 Å². The molecule has 0 aliphatic rings. The topological polar surface area (TPSA) is 84.5 Å². The van der Waals surface area contributed by atoms with Crippen molar-refractivity contribution in [2.45, 2.75) is 18.7 Å². The molecule has 2 aromatic carbocycles. The summed E-state index contributed by atoms with van der Waals surface area (Å²) >= 11 is 0. The minimum atomic E-state index is -3.95. The Morgan fingerprint density at radius 1 is 1.17 bits per heavy atom. The molecule has 0 aliphatic carbocycles. The Kier molecular flexibility index (Phi) is 5.08. The third-order valence-corrected chi connectivity index (χ3v) is 4.72. The molecular formula is C16H17FN2O4S. The average Bonchev–Trinajstić information content (AvgIpc) is 2.46. The molecule has 6 nitrogen and oxygen atoms in total. The predicted molar refractivity (Wildman–Crippen MR) is 89.2 cm³/mol. The number of ether oxygens (including phenoxy) is 1. The van der Waals surface area contributed by atoms with Gasteiger partial charge in [0, 0.05) is 12.6 Å². The molecule has 0 heterocycles. The first-order valence-corrected chi connectivity index (χ1v) is 8.46. The van der Waals surface area contributed by atoms with E-state index in [9.17, 15) is 17.6 Å². The van der Waals surface area contributed by atoms with Crippen LogP contribution in [0.5, 0.6) is 5.75 Å². The molecule has 0 radical (unpaired) electrons. The molecule has 0 saturated heterocycles. The quantitative estimate of drug-likeness (QED) is 0.866. The molecular weight excluding hydrogens is 335 g/mol. The third-order valence-electron chi connectivity index (χ3n) is 3.19. The molecule has 24 heavy (non-hydrogen) atoms. The largest absolute Gasteiger partial charge is 0.495 e. The van der Waals surface area contributed by atoms with Crippen molar-refractivity contribution < 1.29 is 22.3 Å². The first-order valence-electron chi connectivity index (χ1n) is 6.97. The highest BCUT2D eigenvalue weighted by atomic mass is 32.2. The van der Waals surface area contributed by atoms with E-state index in [1.165, 1.54) is 39.2 Å². The molecule has 0 aromatic heterocycles. The maximum Gasteiger partial charge on any atom is 0.262 e. The lowest BCUT2D eigenvalue weighted by Gasteiger charge is -2.14. The monoisotopic (exact) mass is 352 g/mol. The van der Waals surface area contributed by atoms with Crippen LogP contribution in [0.1, 0.15) is 12.5 Å². The number of hydrogen-bond acceptors (Lipinski definition) is 4. The Balaban J connectivity index is 2.42. The lowest BCUT2D eigenvalue weighted by Crippen LogP contribution is -2.15. The fourth-order valence-corrected chi connectivity index (χ4v) is 3.47. The highest BCUT2D eigenvalue weighted by molar-refractivity contribution is 7.92. The summed E-state index contributed by atoms with van der Waals surface area (Å²) in [7, 11) is -2.55. The number of nitrogens with one attached hydrogen (secondary N) is 2. The van der Waals surface area contributed by atoms with Crippen LogP contribution in [0.3, 0.4) is 0 Å². The Labute approximate surface area is 139 Å². The van der Waals surface area contributed by atoms with Gasteiger partial charge in [-0.25, -0.2) is 12.8 Å². The summed E-state index contributed by atoms with van der Waals surface area (Å²) in [5.74, 6) is -0.521. The first kappa shape index (κ1) is 17.7. The van der Waals surface area contributed by atoms with E-state index >= 15 is 0 Å². The number of halogens is 1. The summed E-state index contributed by atoms with van der Waals surface area (Å²) in [6.07, 6.45) is 0. The van der Waals surface area contributed by atoms with Gasteiger partial charge in [-0.05, 0) is 48.9 Å². The fraction of sp³-hybridized carbons (Fsp3) is 0.188. The number of carbonyl (C=O) groups excluding carboxylic acids is 1. The van der Waals surface area contributed by atoms with Gasteiger partial charge >= 0.3 is 0 Å². The van der Waals surface area contributed by atoms with E-state index in [1.807, 2.05) is 0 Å². The van der Waals surface area contributed by atoms with Crippen LogP contribution in [0.25, 0.3) is 0 Å². The van der Waals surface area contributed by atoms with Crippen LogP contribution in [-0.2, 0) is 14.8 Å². The number of aryl methyl sites for hydroxylation is 1. The number of methoxy groups -OCH3 is 1. The van der Waals surface area contributed by atoms with Crippen molar-refractivity contribution >= 4 is 27.3 Å². The van der Waals surface area contributed by atoms with E-state index in [4.69, 9.17) is 4.74 Å². The van der Waals surface area contributed by atoms with Crippen molar-refractivity contribution in [2.24, 2.45) is 0 Å². The second-order valence-corrected chi connectivity index (χ2v) is 6.76. The second kappa shape index (κ2) is 6.88. The van der Waals surface area contributed by atoms with Crippen molar-refractivity contribution in [1.82, 2.24) is 0 Å². The standard InChI is InChI=1S/C16H17FN2O4S/c1-10-8-12(17)4-7-16(10)24(21,22)19-14-9-13(18-11(2)20)5-6-15(14)23-3/h4-9,19H,1-3H3,(H,18,20). The maximum absolute atomic E-state index is 13.2. The van der Waals surface area contributed by atoms with Crippen molar-refractivity contribution in [2.75, 3.05) is 17.1 Å². The molecule has 2 N–H and O–H groups in total. The Morgan fingerprint density at radius 3 is 2.46 bits per heavy atom. The van der Waals surface area contributed by atoms with Gasteiger partial charge < -0.3 is 10.1 Å². The van der Waals surface area contributed by atoms with Crippen LogP contribution in [0.15, 0.2) is 41.3 Å². The zero-order valence-corrected chi connectivity index (χ0v) is 14.2. The normalized spacial score (nSPS) is 11.0. The highest BCUT2D eigenvalue weighted by Gasteiger charge is 2.19. The molecule has 2 aromatic rings. The van der Waals surface area contributed by atoms with E-state index in [2.05, 4.69) is 10.0 Å². The van der Waals surface area contributed by atoms with Crippen LogP contribution >= 0.6 is 0 Å². The third kappa shape index (κ3) is 4.02. The molecule has 2 rings (SSSR count). The van der Waals surface area contributed by atoms with Gasteiger partial charge in [0.25, 0.3) is 10.0 Å². The molecule has 0 atom stereocenters. The van der Waals surface area contributed by atoms with Gasteiger partial charge in [0.15, 0.2) is 0 Å². The smallest absolute Gasteiger partial charge is 0.262 e. The van der Waals surface area contributed by atoms with Gasteiger partial charge in [0.1, 0.15) is 11.6 Å². The summed E-state index contributed by atoms with van der Waals surface area (Å²) in [4.78, 5) is 11.1. The summed E-state index contributed by atoms with van der Waals surface area (Å²) in [5.41, 5.74) is 0.851. The SMILES string of the molecule is COc1ccc(NC(C)=O)cc1NS(=O)(=O)c1ccc(F)cc1C. The second-order valence-electron chi connectivity index (χ2n) is 5.11. The number of carbonyl (C=O) groups is 1. The molecule has 0 aliphatic heterocycles. The molecule has 0 bridgehead atoms. The van der Waals surface area contributed by atoms with Crippen LogP contribution in [0.4, 0.5) is 15.8 Å². The van der Waals surface area contributed by atoms with Crippen molar-refractivity contribution in [1.29, 1.82) is 0 Å². The molecule has 8 heteroatoms. The molecule has 0 spiro atoms. The minimum absolute atomic E-state index is 0.0455. The van der Waals surface area contributed by atoms with Crippen molar-refractivity contribution in [3.05, 3.63) is 47.8 Å². The lowest BCUT2D eigenvalue weighted by atomic mass is 10.2. The van der Waals surface area contributed by atoms with E-state index < -0.39 is 15.8 Å². The summed E-state index contributed by atoms with van der Waals surface area (Å²) in [6, 6.07) is 7.96. The van der Waals surface area contributed by atoms with Gasteiger partial charge in [0.2, 0.25) is 5.91 Å². The van der Waals surface area contributed by atoms with Gasteiger partial charge in [-0.1, -0.05) is 0 Å². The Hall–Kier alpha value is -2.61. The van der Waals surface area contributed by atoms with E-state index in [-0.39, 0.29) is 27.8 Å². The Bertz CT molecular complexity index is 882. The van der Waals surface area contributed by atoms with Crippen molar-refractivity contribution in [3.8, 4) is 5.75 Å². The van der Waals surface area contributed by atoms with Gasteiger partial charge in [0.05, 0.1) is 17.7 Å². The lowest BCUT2D eigenvalue weighted by molar-refractivity contribution is -0.114. The number of sulfonamides is 1. The average molecular weight is 352 g/mol. The summed E-state index contributed by atoms with van der Waals surface area (Å²) in [5, 5.41) is 2.56. The number of anilines is 2. The minimum Gasteiger partial charge on any atom is -0.495 e. The molecule has 128 valence electrons. The van der Waals surface area contributed by atoms with Gasteiger partial charge in [-0.3, -0.25) is 9.52 Å². The predicted octanol–water partition coefficient (Wildman–Crippen LogP) is 2.90. The first-order chi connectivity index (χ1) is 11.2. The molecule has 0 saturated carbocycles. The Morgan fingerprint density at radius 2 is 1.88 bits per heavy atom. The number of amides is 1. The number of benzene rings is 2. The molecule has 1 amide bonds. The van der Waals surface area contributed by atoms with Crippen molar-refractivity contribution in [3.63, 3.8) is 0 Å². The summed E-state index contributed by atoms with van der Waals surface area (Å²) in [6.45, 7) is 2.85. The van der Waals surface area contributed by atoms with Crippen LogP contribution < -0.4 is 14.8 Å². The highest BCUT2D eigenvalue weighted by Crippen LogP contribution is 2.30. The van der Waals surface area contributed by atoms with Crippen LogP contribution in [0, 0.1) is 12.7 Å². The maximum atomic E-state index is 13.2. The van der Waals surface area contributed by atoms with E-state index in [1.54, 1.807) is 6.07 Å². The molecule has 0 fully saturated rings. The van der Waals surface area contributed by atoms with Crippen LogP contribution in [-0.4, -0.2) is 21.4 Å².